The quantitative estimate of drug-likeness (QED) is 0.621. The van der Waals surface area contributed by atoms with Crippen LogP contribution in [0, 0.1) is 0 Å². The highest BCUT2D eigenvalue weighted by Gasteiger charge is 1.94. The average molecular weight is 185 g/mol. The Balaban J connectivity index is 0.000000269. The number of hydrogen-bond donors (Lipinski definition) is 0. The predicted octanol–water partition coefficient (Wildman–Crippen LogP) is 3.94. The van der Waals surface area contributed by atoms with Crippen molar-refractivity contribution in [2.24, 2.45) is 0 Å². The van der Waals surface area contributed by atoms with Gasteiger partial charge in [0.05, 0.1) is 0 Å². The van der Waals surface area contributed by atoms with E-state index in [-0.39, 0.29) is 0 Å². The number of oxazole rings is 1. The van der Waals surface area contributed by atoms with Gasteiger partial charge in [0, 0.05) is 0 Å². The zero-order valence-electron chi connectivity index (χ0n) is 8.00. The Morgan fingerprint density at radius 3 is 2.50 bits per heavy atom. The van der Waals surface area contributed by atoms with Crippen molar-refractivity contribution < 1.29 is 4.42 Å². The van der Waals surface area contributed by atoms with E-state index < -0.39 is 0 Å². The van der Waals surface area contributed by atoms with Crippen LogP contribution >= 0.6 is 11.3 Å². The van der Waals surface area contributed by atoms with E-state index in [4.69, 9.17) is 4.42 Å². The lowest BCUT2D eigenvalue weighted by molar-refractivity contribution is 0.609. The lowest BCUT2D eigenvalue weighted by Crippen LogP contribution is -1.49. The Hall–Kier alpha value is -0.830. The summed E-state index contributed by atoms with van der Waals surface area (Å²) in [5.74, 6) is 0. The molecule has 0 saturated heterocycles. The molecule has 0 aromatic carbocycles. The van der Waals surface area contributed by atoms with E-state index in [1.807, 2.05) is 39.1 Å². The second-order valence-electron chi connectivity index (χ2n) is 1.45. The van der Waals surface area contributed by atoms with Gasteiger partial charge in [-0.3, -0.25) is 0 Å². The van der Waals surface area contributed by atoms with Gasteiger partial charge in [0.25, 0.3) is 0 Å². The molecular weight excluding hydrogens is 170 g/mol. The predicted molar refractivity (Wildman–Crippen MR) is 54.6 cm³/mol. The summed E-state index contributed by atoms with van der Waals surface area (Å²) in [5, 5.41) is 1.96. The van der Waals surface area contributed by atoms with Crippen LogP contribution < -0.4 is 0 Å². The first-order chi connectivity index (χ1) is 5.97. The molecule has 0 amide bonds. The second-order valence-corrected chi connectivity index (χ2v) is 2.32. The fraction of sp³-hybridized carbons (Fsp3) is 0.444. The average Bonchev–Trinajstić information content (AvgIpc) is 2.72. The van der Waals surface area contributed by atoms with Gasteiger partial charge in [-0.2, -0.15) is 0 Å². The molecule has 0 aliphatic heterocycles. The number of nitrogens with zero attached hydrogens (tertiary/aromatic N) is 1. The maximum absolute atomic E-state index is 4.97. The standard InChI is InChI=1S/C5H3NOS.2C2H6/c1-2-8-5-4(1)6-3-7-5;2*1-2/h1-3H;2*1-2H3. The highest BCUT2D eigenvalue weighted by molar-refractivity contribution is 7.16. The van der Waals surface area contributed by atoms with Gasteiger partial charge in [-0.25, -0.2) is 4.98 Å². The lowest BCUT2D eigenvalue weighted by atomic mass is 10.6. The normalized spacial score (nSPS) is 8.00. The van der Waals surface area contributed by atoms with Crippen LogP contribution in [0.5, 0.6) is 0 Å². The molecule has 3 heteroatoms. The topological polar surface area (TPSA) is 26.0 Å². The van der Waals surface area contributed by atoms with Gasteiger partial charge in [0.15, 0.2) is 6.39 Å². The Morgan fingerprint density at radius 1 is 1.25 bits per heavy atom. The molecule has 0 N–H and O–H groups in total. The first-order valence-electron chi connectivity index (χ1n) is 4.23. The van der Waals surface area contributed by atoms with Crippen LogP contribution in [0.25, 0.3) is 10.4 Å². The summed E-state index contributed by atoms with van der Waals surface area (Å²) in [6.07, 6.45) is 1.46. The fourth-order valence-corrected chi connectivity index (χ4v) is 1.26. The summed E-state index contributed by atoms with van der Waals surface area (Å²) in [6, 6.07) is 1.93. The van der Waals surface area contributed by atoms with Gasteiger partial charge in [0.2, 0.25) is 4.90 Å². The van der Waals surface area contributed by atoms with Gasteiger partial charge < -0.3 is 4.42 Å². The summed E-state index contributed by atoms with van der Waals surface area (Å²) in [7, 11) is 0. The van der Waals surface area contributed by atoms with Crippen LogP contribution in [0.1, 0.15) is 27.7 Å². The number of fused-ring (bicyclic) bond motifs is 1. The Labute approximate surface area is 77.2 Å². The van der Waals surface area contributed by atoms with Crippen molar-refractivity contribution in [3.05, 3.63) is 17.8 Å². The Bertz CT molecular complexity index is 236. The van der Waals surface area contributed by atoms with E-state index in [0.29, 0.717) is 0 Å². The molecule has 68 valence electrons. The van der Waals surface area contributed by atoms with Crippen LogP contribution in [0.4, 0.5) is 0 Å². The molecule has 0 aliphatic rings. The molecule has 2 aromatic rings. The summed E-state index contributed by atoms with van der Waals surface area (Å²) in [6.45, 7) is 8.00. The molecule has 12 heavy (non-hydrogen) atoms. The van der Waals surface area contributed by atoms with Gasteiger partial charge in [-0.15, -0.1) is 11.3 Å². The van der Waals surface area contributed by atoms with E-state index in [1.54, 1.807) is 11.3 Å². The van der Waals surface area contributed by atoms with Crippen molar-refractivity contribution in [3.63, 3.8) is 0 Å². The van der Waals surface area contributed by atoms with E-state index in [9.17, 15) is 0 Å². The van der Waals surface area contributed by atoms with Crippen LogP contribution in [0.2, 0.25) is 0 Å². The summed E-state index contributed by atoms with van der Waals surface area (Å²) >= 11 is 1.56. The largest absolute Gasteiger partial charge is 0.433 e. The lowest BCUT2D eigenvalue weighted by Gasteiger charge is -1.62. The minimum Gasteiger partial charge on any atom is -0.433 e. The van der Waals surface area contributed by atoms with Gasteiger partial charge in [-0.1, -0.05) is 27.7 Å². The highest BCUT2D eigenvalue weighted by Crippen LogP contribution is 2.17. The summed E-state index contributed by atoms with van der Waals surface area (Å²) < 4.78 is 4.97. The Kier molecular flexibility index (Phi) is 6.38. The van der Waals surface area contributed by atoms with Crippen molar-refractivity contribution in [3.8, 4) is 0 Å². The molecule has 0 radical (unpaired) electrons. The summed E-state index contributed by atoms with van der Waals surface area (Å²) in [4.78, 5) is 4.83. The van der Waals surface area contributed by atoms with E-state index in [0.717, 1.165) is 10.4 Å². The molecule has 0 aliphatic carbocycles. The molecule has 2 nitrogen and oxygen atoms in total. The highest BCUT2D eigenvalue weighted by atomic mass is 32.1. The molecule has 2 rings (SSSR count). The first-order valence-corrected chi connectivity index (χ1v) is 5.11. The molecule has 0 saturated carbocycles. The molecule has 0 atom stereocenters. The minimum atomic E-state index is 0.907. The number of hydrogen-bond acceptors (Lipinski definition) is 3. The third-order valence-electron chi connectivity index (χ3n) is 0.962. The van der Waals surface area contributed by atoms with Crippen LogP contribution in [-0.4, -0.2) is 4.98 Å². The van der Waals surface area contributed by atoms with E-state index >= 15 is 0 Å². The zero-order valence-corrected chi connectivity index (χ0v) is 8.81. The zero-order chi connectivity index (χ0) is 9.40. The maximum atomic E-state index is 4.97. The van der Waals surface area contributed by atoms with Crippen molar-refractivity contribution in [2.45, 2.75) is 27.7 Å². The SMILES string of the molecule is CC.CC.c1nc2ccsc2o1. The van der Waals surface area contributed by atoms with Crippen LogP contribution in [0.15, 0.2) is 22.3 Å². The van der Waals surface area contributed by atoms with Crippen molar-refractivity contribution in [1.29, 1.82) is 0 Å². The molecule has 2 aromatic heterocycles. The molecular formula is C9H15NOS. The van der Waals surface area contributed by atoms with Gasteiger partial charge in [0.1, 0.15) is 5.52 Å². The molecule has 0 fully saturated rings. The maximum Gasteiger partial charge on any atom is 0.208 e. The fourth-order valence-electron chi connectivity index (χ4n) is 0.604. The summed E-state index contributed by atoms with van der Waals surface area (Å²) in [5.41, 5.74) is 0.954. The third-order valence-corrected chi connectivity index (χ3v) is 1.75. The number of thiophene rings is 1. The van der Waals surface area contributed by atoms with Crippen molar-refractivity contribution in [2.75, 3.05) is 0 Å². The van der Waals surface area contributed by atoms with Gasteiger partial charge in [-0.05, 0) is 11.4 Å². The minimum absolute atomic E-state index is 0.907. The Morgan fingerprint density at radius 2 is 1.92 bits per heavy atom. The molecule has 0 unspecified atom stereocenters. The second kappa shape index (κ2) is 6.85. The first kappa shape index (κ1) is 11.2. The number of rotatable bonds is 0. The number of aromatic nitrogens is 1. The third kappa shape index (κ3) is 2.66. The monoisotopic (exact) mass is 185 g/mol. The smallest absolute Gasteiger partial charge is 0.208 e. The van der Waals surface area contributed by atoms with Crippen LogP contribution in [0.3, 0.4) is 0 Å². The van der Waals surface area contributed by atoms with Crippen LogP contribution in [-0.2, 0) is 0 Å². The molecule has 0 spiro atoms. The van der Waals surface area contributed by atoms with E-state index in [1.165, 1.54) is 6.39 Å². The molecule has 2 heterocycles. The van der Waals surface area contributed by atoms with Crippen molar-refractivity contribution in [1.82, 2.24) is 4.98 Å². The van der Waals surface area contributed by atoms with E-state index in [2.05, 4.69) is 4.98 Å². The van der Waals surface area contributed by atoms with Gasteiger partial charge >= 0.3 is 0 Å². The molecule has 0 bridgehead atoms. The van der Waals surface area contributed by atoms with Crippen molar-refractivity contribution >= 4 is 21.8 Å².